The number of halogens is 5. The molecular weight excluding hydrogens is 347 g/mol. The fourth-order valence-corrected chi connectivity index (χ4v) is 2.82. The van der Waals surface area contributed by atoms with Crippen LogP contribution in [0.25, 0.3) is 0 Å². The average molecular weight is 360 g/mol. The van der Waals surface area contributed by atoms with Gasteiger partial charge in [0.15, 0.2) is 5.82 Å². The molecule has 1 aliphatic heterocycles. The normalized spacial score (nSPS) is 15.8. The van der Waals surface area contributed by atoms with E-state index in [1.165, 1.54) is 17.9 Å². The Balaban J connectivity index is 1.80. The lowest BCUT2D eigenvalue weighted by atomic mass is 9.98. The molecule has 134 valence electrons. The molecule has 0 bridgehead atoms. The topological polar surface area (TPSA) is 51.0 Å². The fourth-order valence-electron chi connectivity index (χ4n) is 2.82. The van der Waals surface area contributed by atoms with E-state index >= 15 is 0 Å². The van der Waals surface area contributed by atoms with Crippen molar-refractivity contribution < 1.29 is 26.7 Å². The molecule has 0 saturated carbocycles. The van der Waals surface area contributed by atoms with Crippen molar-refractivity contribution in [1.82, 2.24) is 19.7 Å². The van der Waals surface area contributed by atoms with E-state index in [4.69, 9.17) is 0 Å². The van der Waals surface area contributed by atoms with E-state index in [2.05, 4.69) is 10.2 Å². The molecule has 1 aromatic carbocycles. The smallest absolute Gasteiger partial charge is 0.333 e. The maximum absolute atomic E-state index is 13.8. The Morgan fingerprint density at radius 3 is 2.56 bits per heavy atom. The van der Waals surface area contributed by atoms with Gasteiger partial charge in [0, 0.05) is 24.7 Å². The van der Waals surface area contributed by atoms with E-state index in [9.17, 15) is 26.7 Å². The SMILES string of the molecule is CC(C(=O)N1CCn2c(nnc2C(F)(F)F)C1)c1ccc(F)cc1F. The summed E-state index contributed by atoms with van der Waals surface area (Å²) in [5.41, 5.74) is 0.0226. The Bertz CT molecular complexity index is 817. The van der Waals surface area contributed by atoms with Crippen molar-refractivity contribution in [3.05, 3.63) is 47.0 Å². The van der Waals surface area contributed by atoms with Crippen molar-refractivity contribution in [2.24, 2.45) is 0 Å². The first-order valence-corrected chi connectivity index (χ1v) is 7.41. The second-order valence-corrected chi connectivity index (χ2v) is 5.74. The van der Waals surface area contributed by atoms with Crippen LogP contribution in [-0.2, 0) is 24.1 Å². The predicted octanol–water partition coefficient (Wildman–Crippen LogP) is 2.72. The van der Waals surface area contributed by atoms with Gasteiger partial charge in [-0.25, -0.2) is 8.78 Å². The minimum atomic E-state index is -4.62. The number of nitrogens with zero attached hydrogens (tertiary/aromatic N) is 4. The van der Waals surface area contributed by atoms with Gasteiger partial charge in [-0.05, 0) is 13.0 Å². The number of hydrogen-bond acceptors (Lipinski definition) is 3. The summed E-state index contributed by atoms with van der Waals surface area (Å²) in [6.07, 6.45) is -4.62. The van der Waals surface area contributed by atoms with Gasteiger partial charge in [-0.2, -0.15) is 13.2 Å². The first kappa shape index (κ1) is 17.3. The van der Waals surface area contributed by atoms with E-state index < -0.39 is 35.5 Å². The van der Waals surface area contributed by atoms with Crippen LogP contribution < -0.4 is 0 Å². The van der Waals surface area contributed by atoms with Crippen molar-refractivity contribution in [2.75, 3.05) is 6.54 Å². The molecule has 0 fully saturated rings. The van der Waals surface area contributed by atoms with Gasteiger partial charge in [0.1, 0.15) is 11.6 Å². The molecule has 25 heavy (non-hydrogen) atoms. The van der Waals surface area contributed by atoms with Crippen molar-refractivity contribution in [3.8, 4) is 0 Å². The molecule has 0 radical (unpaired) electrons. The van der Waals surface area contributed by atoms with Gasteiger partial charge < -0.3 is 9.47 Å². The minimum absolute atomic E-state index is 0.0127. The van der Waals surface area contributed by atoms with Gasteiger partial charge in [0.25, 0.3) is 0 Å². The van der Waals surface area contributed by atoms with Crippen molar-refractivity contribution >= 4 is 5.91 Å². The number of fused-ring (bicyclic) bond motifs is 1. The summed E-state index contributed by atoms with van der Waals surface area (Å²) < 4.78 is 66.2. The summed E-state index contributed by atoms with van der Waals surface area (Å²) in [7, 11) is 0. The zero-order valence-electron chi connectivity index (χ0n) is 13.0. The van der Waals surface area contributed by atoms with Crippen LogP contribution in [0.3, 0.4) is 0 Å². The van der Waals surface area contributed by atoms with E-state index in [1.807, 2.05) is 0 Å². The molecule has 3 rings (SSSR count). The second kappa shape index (κ2) is 6.08. The van der Waals surface area contributed by atoms with Crippen LogP contribution in [0.2, 0.25) is 0 Å². The Hall–Kier alpha value is -2.52. The first-order chi connectivity index (χ1) is 11.7. The van der Waals surface area contributed by atoms with Crippen LogP contribution in [0.4, 0.5) is 22.0 Å². The molecule has 1 unspecified atom stereocenters. The summed E-state index contributed by atoms with van der Waals surface area (Å²) in [5, 5.41) is 6.63. The predicted molar refractivity (Wildman–Crippen MR) is 75.2 cm³/mol. The van der Waals surface area contributed by atoms with Crippen LogP contribution in [0.5, 0.6) is 0 Å². The molecule has 5 nitrogen and oxygen atoms in total. The summed E-state index contributed by atoms with van der Waals surface area (Å²) in [6.45, 7) is 1.20. The number of benzene rings is 1. The molecule has 2 heterocycles. The van der Waals surface area contributed by atoms with Gasteiger partial charge in [-0.1, -0.05) is 6.07 Å². The maximum Gasteiger partial charge on any atom is 0.451 e. The Morgan fingerprint density at radius 2 is 1.92 bits per heavy atom. The second-order valence-electron chi connectivity index (χ2n) is 5.74. The number of hydrogen-bond donors (Lipinski definition) is 0. The zero-order valence-corrected chi connectivity index (χ0v) is 13.0. The van der Waals surface area contributed by atoms with Crippen molar-refractivity contribution in [3.63, 3.8) is 0 Å². The van der Waals surface area contributed by atoms with E-state index in [0.29, 0.717) is 6.07 Å². The van der Waals surface area contributed by atoms with Gasteiger partial charge in [-0.3, -0.25) is 4.79 Å². The molecule has 1 aliphatic rings. The number of rotatable bonds is 2. The van der Waals surface area contributed by atoms with Gasteiger partial charge in [0.2, 0.25) is 11.7 Å². The first-order valence-electron chi connectivity index (χ1n) is 7.41. The number of carbonyl (C=O) groups excluding carboxylic acids is 1. The Kier molecular flexibility index (Phi) is 4.21. The standard InChI is InChI=1S/C15H13F5N4O/c1-8(10-3-2-9(16)6-11(10)17)13(25)23-4-5-24-12(7-23)21-22-14(24)15(18,19)20/h2-3,6,8H,4-5,7H2,1H3. The largest absolute Gasteiger partial charge is 0.451 e. The average Bonchev–Trinajstić information content (AvgIpc) is 2.96. The third-order valence-electron chi connectivity index (χ3n) is 4.12. The lowest BCUT2D eigenvalue weighted by molar-refractivity contribution is -0.148. The number of amides is 1. The number of carbonyl (C=O) groups is 1. The highest BCUT2D eigenvalue weighted by Crippen LogP contribution is 2.30. The number of alkyl halides is 3. The van der Waals surface area contributed by atoms with Crippen molar-refractivity contribution in [2.45, 2.75) is 32.1 Å². The quantitative estimate of drug-likeness (QED) is 0.774. The van der Waals surface area contributed by atoms with Crippen molar-refractivity contribution in [1.29, 1.82) is 0 Å². The van der Waals surface area contributed by atoms with Crippen LogP contribution in [0.1, 0.15) is 30.1 Å². The van der Waals surface area contributed by atoms with Crippen LogP contribution in [0.15, 0.2) is 18.2 Å². The van der Waals surface area contributed by atoms with Crippen LogP contribution >= 0.6 is 0 Å². The Labute approximate surface area is 139 Å². The van der Waals surface area contributed by atoms with Gasteiger partial charge >= 0.3 is 6.18 Å². The van der Waals surface area contributed by atoms with Crippen LogP contribution in [-0.4, -0.2) is 32.1 Å². The summed E-state index contributed by atoms with van der Waals surface area (Å²) in [4.78, 5) is 13.8. The molecule has 0 saturated heterocycles. The Morgan fingerprint density at radius 1 is 1.20 bits per heavy atom. The molecule has 1 amide bonds. The minimum Gasteiger partial charge on any atom is -0.333 e. The lowest BCUT2D eigenvalue weighted by Gasteiger charge is -2.30. The van der Waals surface area contributed by atoms with E-state index in [-0.39, 0.29) is 31.0 Å². The van der Waals surface area contributed by atoms with Gasteiger partial charge in [0.05, 0.1) is 12.5 Å². The van der Waals surface area contributed by atoms with E-state index in [1.54, 1.807) is 0 Å². The highest BCUT2D eigenvalue weighted by molar-refractivity contribution is 5.83. The molecule has 1 atom stereocenters. The molecule has 0 N–H and O–H groups in total. The molecule has 2 aromatic rings. The summed E-state index contributed by atoms with van der Waals surface area (Å²) in [5.74, 6) is -4.08. The van der Waals surface area contributed by atoms with Gasteiger partial charge in [-0.15, -0.1) is 10.2 Å². The monoisotopic (exact) mass is 360 g/mol. The zero-order chi connectivity index (χ0) is 18.4. The third kappa shape index (κ3) is 3.20. The highest BCUT2D eigenvalue weighted by atomic mass is 19.4. The fraction of sp³-hybridized carbons (Fsp3) is 0.400. The molecule has 0 aliphatic carbocycles. The lowest BCUT2D eigenvalue weighted by Crippen LogP contribution is -2.41. The number of aromatic nitrogens is 3. The third-order valence-corrected chi connectivity index (χ3v) is 4.12. The van der Waals surface area contributed by atoms with E-state index in [0.717, 1.165) is 10.6 Å². The molecule has 0 spiro atoms. The molecule has 1 aromatic heterocycles. The molecule has 10 heteroatoms. The highest BCUT2D eigenvalue weighted by Gasteiger charge is 2.40. The summed E-state index contributed by atoms with van der Waals surface area (Å²) >= 11 is 0. The maximum atomic E-state index is 13.8. The summed E-state index contributed by atoms with van der Waals surface area (Å²) in [6, 6.07) is 2.91. The van der Waals surface area contributed by atoms with Crippen LogP contribution in [0, 0.1) is 11.6 Å². The molecular formula is C15H13F5N4O.